The van der Waals surface area contributed by atoms with Gasteiger partial charge in [0.15, 0.2) is 6.61 Å². The number of halogens is 1. The van der Waals surface area contributed by atoms with Gasteiger partial charge in [0.2, 0.25) is 0 Å². The van der Waals surface area contributed by atoms with Gasteiger partial charge in [-0.2, -0.15) is 0 Å². The summed E-state index contributed by atoms with van der Waals surface area (Å²) in [6, 6.07) is 13.2. The number of carbonyl (C=O) groups is 1. The van der Waals surface area contributed by atoms with E-state index in [0.717, 1.165) is 11.3 Å². The van der Waals surface area contributed by atoms with Crippen molar-refractivity contribution in [2.45, 2.75) is 6.92 Å². The van der Waals surface area contributed by atoms with Crippen LogP contribution in [0.1, 0.15) is 5.56 Å². The van der Waals surface area contributed by atoms with Crippen LogP contribution in [-0.4, -0.2) is 25.7 Å². The van der Waals surface area contributed by atoms with E-state index in [1.807, 2.05) is 31.2 Å². The molecule has 22 heavy (non-hydrogen) atoms. The summed E-state index contributed by atoms with van der Waals surface area (Å²) in [5.74, 6) is 0.631. The average molecular weight is 303 g/mol. The molecular weight excluding hydrogens is 285 g/mol. The topological polar surface area (TPSA) is 47.6 Å². The monoisotopic (exact) mass is 303 g/mol. The predicted molar refractivity (Wildman–Crippen MR) is 81.6 cm³/mol. The lowest BCUT2D eigenvalue weighted by molar-refractivity contribution is -0.123. The molecule has 0 aliphatic carbocycles. The van der Waals surface area contributed by atoms with Gasteiger partial charge in [0.25, 0.3) is 5.91 Å². The van der Waals surface area contributed by atoms with Crippen LogP contribution in [0.25, 0.3) is 0 Å². The normalized spacial score (nSPS) is 10.1. The fourth-order valence-electron chi connectivity index (χ4n) is 1.80. The van der Waals surface area contributed by atoms with Gasteiger partial charge in [-0.25, -0.2) is 4.39 Å². The SMILES string of the molecule is Cc1cccc(OCCNC(=O)COc2ccc(F)cc2)c1. The average Bonchev–Trinajstić information content (AvgIpc) is 2.51. The lowest BCUT2D eigenvalue weighted by Crippen LogP contribution is -2.32. The Hall–Kier alpha value is -2.56. The summed E-state index contributed by atoms with van der Waals surface area (Å²) in [4.78, 5) is 11.6. The molecule has 0 aliphatic rings. The maximum atomic E-state index is 12.7. The number of hydrogen-bond donors (Lipinski definition) is 1. The van der Waals surface area contributed by atoms with Crippen molar-refractivity contribution in [3.63, 3.8) is 0 Å². The van der Waals surface area contributed by atoms with Crippen molar-refractivity contribution < 1.29 is 18.7 Å². The first-order valence-electron chi connectivity index (χ1n) is 6.98. The van der Waals surface area contributed by atoms with Gasteiger partial charge < -0.3 is 14.8 Å². The van der Waals surface area contributed by atoms with E-state index in [4.69, 9.17) is 9.47 Å². The molecular formula is C17H18FNO3. The van der Waals surface area contributed by atoms with Crippen LogP contribution in [0.4, 0.5) is 4.39 Å². The van der Waals surface area contributed by atoms with E-state index < -0.39 is 0 Å². The van der Waals surface area contributed by atoms with E-state index in [1.165, 1.54) is 24.3 Å². The molecule has 0 saturated heterocycles. The van der Waals surface area contributed by atoms with E-state index in [2.05, 4.69) is 5.32 Å². The number of aryl methyl sites for hydroxylation is 1. The van der Waals surface area contributed by atoms with Crippen molar-refractivity contribution >= 4 is 5.91 Å². The minimum atomic E-state index is -0.343. The molecule has 1 N–H and O–H groups in total. The van der Waals surface area contributed by atoms with E-state index in [0.29, 0.717) is 18.9 Å². The van der Waals surface area contributed by atoms with Crippen LogP contribution in [0, 0.1) is 12.7 Å². The Morgan fingerprint density at radius 1 is 1.09 bits per heavy atom. The molecule has 0 atom stereocenters. The molecule has 1 amide bonds. The molecule has 0 spiro atoms. The number of nitrogens with one attached hydrogen (secondary N) is 1. The third kappa shape index (κ3) is 5.44. The quantitative estimate of drug-likeness (QED) is 0.800. The maximum Gasteiger partial charge on any atom is 0.258 e. The van der Waals surface area contributed by atoms with Crippen LogP contribution >= 0.6 is 0 Å². The van der Waals surface area contributed by atoms with E-state index in [-0.39, 0.29) is 18.3 Å². The molecule has 2 rings (SSSR count). The molecule has 0 bridgehead atoms. The number of benzene rings is 2. The summed E-state index contributed by atoms with van der Waals surface area (Å²) in [5.41, 5.74) is 1.12. The van der Waals surface area contributed by atoms with Gasteiger partial charge in [-0.3, -0.25) is 4.79 Å². The lowest BCUT2D eigenvalue weighted by Gasteiger charge is -2.09. The lowest BCUT2D eigenvalue weighted by atomic mass is 10.2. The van der Waals surface area contributed by atoms with Crippen molar-refractivity contribution in [1.82, 2.24) is 5.32 Å². The zero-order chi connectivity index (χ0) is 15.8. The van der Waals surface area contributed by atoms with Gasteiger partial charge >= 0.3 is 0 Å². The smallest absolute Gasteiger partial charge is 0.258 e. The van der Waals surface area contributed by atoms with E-state index in [9.17, 15) is 9.18 Å². The minimum absolute atomic E-state index is 0.115. The van der Waals surface area contributed by atoms with Gasteiger partial charge in [0.05, 0.1) is 6.54 Å². The molecule has 0 fully saturated rings. The Bertz CT molecular complexity index is 614. The molecule has 0 heterocycles. The van der Waals surface area contributed by atoms with Gasteiger partial charge in [-0.15, -0.1) is 0 Å². The predicted octanol–water partition coefficient (Wildman–Crippen LogP) is 2.71. The first-order chi connectivity index (χ1) is 10.6. The fraction of sp³-hybridized carbons (Fsp3) is 0.235. The summed E-state index contributed by atoms with van der Waals surface area (Å²) in [5, 5.41) is 2.69. The van der Waals surface area contributed by atoms with Crippen LogP contribution in [0.15, 0.2) is 48.5 Å². The van der Waals surface area contributed by atoms with Crippen LogP contribution in [0.5, 0.6) is 11.5 Å². The first kappa shape index (κ1) is 15.8. The number of hydrogen-bond acceptors (Lipinski definition) is 3. The molecule has 5 heteroatoms. The second kappa shape index (κ2) is 8.02. The largest absolute Gasteiger partial charge is 0.492 e. The summed E-state index contributed by atoms with van der Waals surface area (Å²) in [6.45, 7) is 2.64. The first-order valence-corrected chi connectivity index (χ1v) is 6.98. The van der Waals surface area contributed by atoms with E-state index >= 15 is 0 Å². The molecule has 0 saturated carbocycles. The zero-order valence-corrected chi connectivity index (χ0v) is 12.3. The van der Waals surface area contributed by atoms with Crippen molar-refractivity contribution in [3.05, 3.63) is 59.9 Å². The molecule has 0 unspecified atom stereocenters. The molecule has 0 aromatic heterocycles. The summed E-state index contributed by atoms with van der Waals surface area (Å²) in [6.07, 6.45) is 0. The van der Waals surface area contributed by atoms with Gasteiger partial charge in [-0.05, 0) is 48.9 Å². The highest BCUT2D eigenvalue weighted by Crippen LogP contribution is 2.12. The van der Waals surface area contributed by atoms with Gasteiger partial charge in [-0.1, -0.05) is 12.1 Å². The second-order valence-corrected chi connectivity index (χ2v) is 4.76. The molecule has 0 aliphatic heterocycles. The third-order valence-corrected chi connectivity index (χ3v) is 2.87. The van der Waals surface area contributed by atoms with Gasteiger partial charge in [0, 0.05) is 0 Å². The molecule has 116 valence electrons. The molecule has 2 aromatic carbocycles. The third-order valence-electron chi connectivity index (χ3n) is 2.87. The summed E-state index contributed by atoms with van der Waals surface area (Å²) >= 11 is 0. The van der Waals surface area contributed by atoms with Crippen LogP contribution in [0.2, 0.25) is 0 Å². The van der Waals surface area contributed by atoms with Crippen molar-refractivity contribution in [2.75, 3.05) is 19.8 Å². The Labute approximate surface area is 128 Å². The number of carbonyl (C=O) groups excluding carboxylic acids is 1. The molecule has 2 aromatic rings. The highest BCUT2D eigenvalue weighted by atomic mass is 19.1. The van der Waals surface area contributed by atoms with Crippen LogP contribution in [0.3, 0.4) is 0 Å². The zero-order valence-electron chi connectivity index (χ0n) is 12.3. The Kier molecular flexibility index (Phi) is 5.77. The maximum absolute atomic E-state index is 12.7. The molecule has 0 radical (unpaired) electrons. The Balaban J connectivity index is 1.62. The number of amides is 1. The Morgan fingerprint density at radius 2 is 1.86 bits per heavy atom. The standard InChI is InChI=1S/C17H18FNO3/c1-13-3-2-4-16(11-13)21-10-9-19-17(20)12-22-15-7-5-14(18)6-8-15/h2-8,11H,9-10,12H2,1H3,(H,19,20). The summed E-state index contributed by atoms with van der Waals surface area (Å²) < 4.78 is 23.5. The highest BCUT2D eigenvalue weighted by Gasteiger charge is 2.02. The van der Waals surface area contributed by atoms with Crippen molar-refractivity contribution in [2.24, 2.45) is 0 Å². The molecule has 4 nitrogen and oxygen atoms in total. The number of rotatable bonds is 7. The highest BCUT2D eigenvalue weighted by molar-refractivity contribution is 5.77. The van der Waals surface area contributed by atoms with E-state index in [1.54, 1.807) is 0 Å². The van der Waals surface area contributed by atoms with Crippen LogP contribution < -0.4 is 14.8 Å². The fourth-order valence-corrected chi connectivity index (χ4v) is 1.80. The van der Waals surface area contributed by atoms with Crippen LogP contribution in [-0.2, 0) is 4.79 Å². The second-order valence-electron chi connectivity index (χ2n) is 4.76. The minimum Gasteiger partial charge on any atom is -0.492 e. The van der Waals surface area contributed by atoms with Crippen molar-refractivity contribution in [1.29, 1.82) is 0 Å². The van der Waals surface area contributed by atoms with Crippen molar-refractivity contribution in [3.8, 4) is 11.5 Å². The summed E-state index contributed by atoms with van der Waals surface area (Å²) in [7, 11) is 0. The Morgan fingerprint density at radius 3 is 2.59 bits per heavy atom. The number of ether oxygens (including phenoxy) is 2. The van der Waals surface area contributed by atoms with Gasteiger partial charge in [0.1, 0.15) is 23.9 Å².